The van der Waals surface area contributed by atoms with Gasteiger partial charge in [-0.1, -0.05) is 0 Å². The van der Waals surface area contributed by atoms with E-state index in [1.165, 1.54) is 14.2 Å². The van der Waals surface area contributed by atoms with Crippen molar-refractivity contribution >= 4 is 0 Å². The number of methoxy groups -OCH3 is 2. The first-order valence-electron chi connectivity index (χ1n) is 11.4. The molecule has 0 aromatic carbocycles. The van der Waals surface area contributed by atoms with Crippen LogP contribution in [0.3, 0.4) is 0 Å². The standard InChI is InChI=1S/C20H36O16/c1-30-16-12(27)14(8(5-23)32-18(16)29)35-19-13(28)15(10(25)7(4-22)33-19)36-20-17(31-2)11(26)9(24)6(3-21)34-20/h6-29H,3-5H2,1-2H3/t6-,7-,8-,9+,10+,11+,12+,13-,14+,15+,16-,17-,18?,19+,20-/m1/s1. The predicted molar refractivity (Wildman–Crippen MR) is 111 cm³/mol. The molecule has 3 rings (SSSR count). The second-order valence-electron chi connectivity index (χ2n) is 8.75. The molecule has 16 nitrogen and oxygen atoms in total. The van der Waals surface area contributed by atoms with Gasteiger partial charge in [-0.25, -0.2) is 0 Å². The van der Waals surface area contributed by atoms with Crippen molar-refractivity contribution in [1.29, 1.82) is 0 Å². The molecule has 3 fully saturated rings. The zero-order valence-electron chi connectivity index (χ0n) is 19.7. The summed E-state index contributed by atoms with van der Waals surface area (Å²) >= 11 is 0. The van der Waals surface area contributed by atoms with Gasteiger partial charge in [-0.15, -0.1) is 0 Å². The Balaban J connectivity index is 1.81. The van der Waals surface area contributed by atoms with Gasteiger partial charge in [-0.2, -0.15) is 0 Å². The summed E-state index contributed by atoms with van der Waals surface area (Å²) in [5.74, 6) is 0. The zero-order chi connectivity index (χ0) is 26.7. The molecule has 0 spiro atoms. The van der Waals surface area contributed by atoms with Crippen LogP contribution in [0.5, 0.6) is 0 Å². The first kappa shape index (κ1) is 29.9. The summed E-state index contributed by atoms with van der Waals surface area (Å²) in [7, 11) is 2.39. The molecule has 0 radical (unpaired) electrons. The molecule has 3 aliphatic rings. The zero-order valence-corrected chi connectivity index (χ0v) is 19.7. The van der Waals surface area contributed by atoms with Crippen molar-refractivity contribution in [1.82, 2.24) is 0 Å². The highest BCUT2D eigenvalue weighted by Crippen LogP contribution is 2.33. The third-order valence-corrected chi connectivity index (χ3v) is 6.59. The van der Waals surface area contributed by atoms with Crippen LogP contribution in [0.4, 0.5) is 0 Å². The van der Waals surface area contributed by atoms with Crippen LogP contribution in [0, 0.1) is 0 Å². The minimum absolute atomic E-state index is 0.687. The van der Waals surface area contributed by atoms with Crippen LogP contribution in [0.15, 0.2) is 0 Å². The van der Waals surface area contributed by atoms with E-state index >= 15 is 0 Å². The third-order valence-electron chi connectivity index (χ3n) is 6.59. The minimum Gasteiger partial charge on any atom is -0.394 e. The Morgan fingerprint density at radius 1 is 0.500 bits per heavy atom. The molecule has 1 unspecified atom stereocenters. The summed E-state index contributed by atoms with van der Waals surface area (Å²) in [4.78, 5) is 0. The van der Waals surface area contributed by atoms with Gasteiger partial charge in [0, 0.05) is 14.2 Å². The van der Waals surface area contributed by atoms with E-state index in [2.05, 4.69) is 0 Å². The summed E-state index contributed by atoms with van der Waals surface area (Å²) < 4.78 is 37.6. The molecule has 15 atom stereocenters. The Morgan fingerprint density at radius 3 is 1.58 bits per heavy atom. The monoisotopic (exact) mass is 532 g/mol. The summed E-state index contributed by atoms with van der Waals surface area (Å²) in [6.07, 6.45) is -22.3. The Morgan fingerprint density at radius 2 is 1.03 bits per heavy atom. The van der Waals surface area contributed by atoms with Crippen LogP contribution < -0.4 is 0 Å². The Labute approximate surface area is 206 Å². The van der Waals surface area contributed by atoms with Gasteiger partial charge in [0.05, 0.1) is 19.8 Å². The molecule has 0 aromatic rings. The van der Waals surface area contributed by atoms with E-state index < -0.39 is 112 Å². The second-order valence-corrected chi connectivity index (χ2v) is 8.75. The lowest BCUT2D eigenvalue weighted by atomic mass is 9.96. The highest BCUT2D eigenvalue weighted by Gasteiger charge is 2.54. The van der Waals surface area contributed by atoms with Gasteiger partial charge in [-0.3, -0.25) is 0 Å². The van der Waals surface area contributed by atoms with Crippen LogP contribution in [-0.4, -0.2) is 172 Å². The minimum atomic E-state index is -1.81. The average Bonchev–Trinajstić information content (AvgIpc) is 2.86. The molecule has 3 saturated heterocycles. The van der Waals surface area contributed by atoms with E-state index in [1.54, 1.807) is 0 Å². The van der Waals surface area contributed by atoms with Gasteiger partial charge in [0.15, 0.2) is 18.9 Å². The summed E-state index contributed by atoms with van der Waals surface area (Å²) in [5, 5.41) is 91.4. The normalized spacial score (nSPS) is 50.2. The number of rotatable bonds is 9. The van der Waals surface area contributed by atoms with Crippen LogP contribution in [0.1, 0.15) is 0 Å². The second kappa shape index (κ2) is 12.9. The lowest BCUT2D eigenvalue weighted by Crippen LogP contribution is -2.67. The van der Waals surface area contributed by atoms with E-state index in [9.17, 15) is 46.0 Å². The molecule has 36 heavy (non-hydrogen) atoms. The van der Waals surface area contributed by atoms with Crippen molar-refractivity contribution in [2.45, 2.75) is 92.1 Å². The Hall–Kier alpha value is -0.640. The van der Waals surface area contributed by atoms with Crippen molar-refractivity contribution in [2.24, 2.45) is 0 Å². The van der Waals surface area contributed by atoms with Crippen molar-refractivity contribution in [3.8, 4) is 0 Å². The molecule has 16 heteroatoms. The fourth-order valence-corrected chi connectivity index (χ4v) is 4.53. The molecule has 212 valence electrons. The van der Waals surface area contributed by atoms with Gasteiger partial charge in [0.2, 0.25) is 0 Å². The van der Waals surface area contributed by atoms with Gasteiger partial charge >= 0.3 is 0 Å². The third kappa shape index (κ3) is 5.84. The maximum absolute atomic E-state index is 11.0. The molecule has 0 bridgehead atoms. The fourth-order valence-electron chi connectivity index (χ4n) is 4.53. The fraction of sp³-hybridized carbons (Fsp3) is 1.00. The van der Waals surface area contributed by atoms with E-state index in [-0.39, 0.29) is 0 Å². The number of hydrogen-bond donors (Lipinski definition) is 9. The molecule has 9 N–H and O–H groups in total. The van der Waals surface area contributed by atoms with Gasteiger partial charge in [0.25, 0.3) is 0 Å². The van der Waals surface area contributed by atoms with Crippen molar-refractivity contribution < 1.29 is 79.1 Å². The SMILES string of the molecule is CO[C@H]1[C@@H](O[C@H]2[C@@H](O)[C@@H](CO)O[C@@H](O[C@@H]3[C@H](O)[C@@H](OC)C(O)O[C@@H]3CO)[C@@H]2O)O[C@H](CO)[C@H](O)[C@@H]1O. The molecule has 0 amide bonds. The summed E-state index contributed by atoms with van der Waals surface area (Å²) in [5.41, 5.74) is 0. The first-order valence-corrected chi connectivity index (χ1v) is 11.4. The van der Waals surface area contributed by atoms with E-state index in [4.69, 9.17) is 33.2 Å². The van der Waals surface area contributed by atoms with Crippen molar-refractivity contribution in [2.75, 3.05) is 34.0 Å². The van der Waals surface area contributed by atoms with Crippen LogP contribution >= 0.6 is 0 Å². The predicted octanol–water partition coefficient (Wildman–Crippen LogP) is -6.26. The van der Waals surface area contributed by atoms with E-state index in [1.807, 2.05) is 0 Å². The molecular weight excluding hydrogens is 496 g/mol. The van der Waals surface area contributed by atoms with Crippen LogP contribution in [-0.2, 0) is 33.2 Å². The maximum Gasteiger partial charge on any atom is 0.187 e. The first-order chi connectivity index (χ1) is 17.1. The molecule has 0 saturated carbocycles. The quantitative estimate of drug-likeness (QED) is 0.134. The lowest BCUT2D eigenvalue weighted by molar-refractivity contribution is -0.380. The summed E-state index contributed by atoms with van der Waals surface area (Å²) in [6, 6.07) is 0. The average molecular weight is 532 g/mol. The van der Waals surface area contributed by atoms with Crippen LogP contribution in [0.2, 0.25) is 0 Å². The largest absolute Gasteiger partial charge is 0.394 e. The molecule has 0 aromatic heterocycles. The highest BCUT2D eigenvalue weighted by molar-refractivity contribution is 4.96. The van der Waals surface area contributed by atoms with E-state index in [0.29, 0.717) is 0 Å². The number of aliphatic hydroxyl groups is 9. The van der Waals surface area contributed by atoms with Crippen molar-refractivity contribution in [3.05, 3.63) is 0 Å². The molecule has 0 aliphatic carbocycles. The van der Waals surface area contributed by atoms with E-state index in [0.717, 1.165) is 0 Å². The van der Waals surface area contributed by atoms with Gasteiger partial charge < -0.3 is 79.1 Å². The highest BCUT2D eigenvalue weighted by atomic mass is 16.8. The number of ether oxygens (including phenoxy) is 7. The van der Waals surface area contributed by atoms with Gasteiger partial charge in [-0.05, 0) is 0 Å². The maximum atomic E-state index is 11.0. The Bertz CT molecular complexity index is 672. The molecule has 3 heterocycles. The molecule has 3 aliphatic heterocycles. The lowest BCUT2D eigenvalue weighted by Gasteiger charge is -2.48. The summed E-state index contributed by atoms with van der Waals surface area (Å²) in [6.45, 7) is -2.13. The van der Waals surface area contributed by atoms with Crippen molar-refractivity contribution in [3.63, 3.8) is 0 Å². The van der Waals surface area contributed by atoms with Crippen LogP contribution in [0.25, 0.3) is 0 Å². The van der Waals surface area contributed by atoms with Gasteiger partial charge in [0.1, 0.15) is 73.2 Å². The smallest absolute Gasteiger partial charge is 0.187 e. The number of hydrogen-bond acceptors (Lipinski definition) is 16. The molecular formula is C20H36O16. The Kier molecular flexibility index (Phi) is 10.8. The topological polar surface area (TPSA) is 247 Å². The number of aliphatic hydroxyl groups excluding tert-OH is 9.